The Morgan fingerprint density at radius 1 is 1.29 bits per heavy atom. The lowest BCUT2D eigenvalue weighted by atomic mass is 9.91. The highest BCUT2D eigenvalue weighted by atomic mass is 35.5. The lowest BCUT2D eigenvalue weighted by Gasteiger charge is -2.34. The van der Waals surface area contributed by atoms with Gasteiger partial charge >= 0.3 is 0 Å². The average molecular weight is 372 g/mol. The van der Waals surface area contributed by atoms with E-state index in [0.29, 0.717) is 18.1 Å². The lowest BCUT2D eigenvalue weighted by molar-refractivity contribution is -0.137. The number of nitrogens with zero attached hydrogens (tertiary/aromatic N) is 2. The molecule has 0 radical (unpaired) electrons. The first-order valence-corrected chi connectivity index (χ1v) is 8.40. The van der Waals surface area contributed by atoms with Gasteiger partial charge in [-0.15, -0.1) is 12.4 Å². The second-order valence-corrected chi connectivity index (χ2v) is 6.91. The van der Waals surface area contributed by atoms with Crippen molar-refractivity contribution < 1.29 is 9.59 Å². The maximum absolute atomic E-state index is 12.9. The van der Waals surface area contributed by atoms with Gasteiger partial charge in [-0.3, -0.25) is 9.59 Å². The summed E-state index contributed by atoms with van der Waals surface area (Å²) in [6, 6.07) is 7.35. The topological polar surface area (TPSA) is 66.6 Å². The van der Waals surface area contributed by atoms with Gasteiger partial charge in [0, 0.05) is 37.6 Å². The number of piperidine rings is 1. The molecule has 0 saturated carbocycles. The van der Waals surface area contributed by atoms with Crippen molar-refractivity contribution in [2.45, 2.75) is 31.3 Å². The number of nitrogens with two attached hydrogens (primary N) is 1. The van der Waals surface area contributed by atoms with Gasteiger partial charge in [0.2, 0.25) is 11.8 Å². The number of hydrogen-bond donors (Lipinski definition) is 1. The Bertz CT molecular complexity index is 618. The second-order valence-electron chi connectivity index (χ2n) is 6.48. The molecule has 1 aromatic rings. The Hall–Kier alpha value is -1.30. The van der Waals surface area contributed by atoms with E-state index in [9.17, 15) is 9.59 Å². The zero-order valence-corrected chi connectivity index (χ0v) is 15.2. The molecule has 2 heterocycles. The Morgan fingerprint density at radius 3 is 2.58 bits per heavy atom. The standard InChI is InChI=1S/C17H22ClN3O2.ClH/c1-20-15(22)10-14(16(20)11-3-2-4-12(18)9-11)17(23)21-7-5-13(19)6-8-21;/h2-4,9,13-14,16H,5-8,10,19H2,1H3;1H. The summed E-state index contributed by atoms with van der Waals surface area (Å²) >= 11 is 6.09. The smallest absolute Gasteiger partial charge is 0.228 e. The molecule has 2 saturated heterocycles. The highest BCUT2D eigenvalue weighted by Crippen LogP contribution is 2.39. The normalized spacial score (nSPS) is 24.9. The third kappa shape index (κ3) is 3.68. The predicted octanol–water partition coefficient (Wildman–Crippen LogP) is 2.23. The molecule has 132 valence electrons. The molecule has 2 N–H and O–H groups in total. The molecule has 0 aliphatic carbocycles. The molecular formula is C17H23Cl2N3O2. The van der Waals surface area contributed by atoms with Crippen LogP contribution in [0.25, 0.3) is 0 Å². The number of amides is 2. The van der Waals surface area contributed by atoms with Crippen LogP contribution in [0.5, 0.6) is 0 Å². The lowest BCUT2D eigenvalue weighted by Crippen LogP contribution is -2.46. The molecule has 2 fully saturated rings. The van der Waals surface area contributed by atoms with E-state index in [1.807, 2.05) is 23.1 Å². The SMILES string of the molecule is CN1C(=O)CC(C(=O)N2CCC(N)CC2)C1c1cccc(Cl)c1.Cl. The van der Waals surface area contributed by atoms with Gasteiger partial charge < -0.3 is 15.5 Å². The molecular weight excluding hydrogens is 349 g/mol. The van der Waals surface area contributed by atoms with Crippen LogP contribution in [-0.2, 0) is 9.59 Å². The fourth-order valence-corrected chi connectivity index (χ4v) is 3.79. The Balaban J connectivity index is 0.00000208. The highest BCUT2D eigenvalue weighted by Gasteiger charge is 2.44. The summed E-state index contributed by atoms with van der Waals surface area (Å²) in [6.07, 6.45) is 1.91. The largest absolute Gasteiger partial charge is 0.342 e. The summed E-state index contributed by atoms with van der Waals surface area (Å²) in [5.41, 5.74) is 6.83. The predicted molar refractivity (Wildman–Crippen MR) is 96.1 cm³/mol. The van der Waals surface area contributed by atoms with Gasteiger partial charge in [0.1, 0.15) is 0 Å². The van der Waals surface area contributed by atoms with E-state index < -0.39 is 0 Å². The average Bonchev–Trinajstić information content (AvgIpc) is 2.83. The number of likely N-dealkylation sites (tertiary alicyclic amines) is 2. The number of halogens is 2. The third-order valence-electron chi connectivity index (χ3n) is 4.94. The monoisotopic (exact) mass is 371 g/mol. The Kier molecular flexibility index (Phi) is 6.12. The molecule has 2 aliphatic rings. The van der Waals surface area contributed by atoms with E-state index in [1.54, 1.807) is 18.0 Å². The second kappa shape index (κ2) is 7.72. The number of carbonyl (C=O) groups is 2. The number of hydrogen-bond acceptors (Lipinski definition) is 3. The third-order valence-corrected chi connectivity index (χ3v) is 5.18. The minimum absolute atomic E-state index is 0. The van der Waals surface area contributed by atoms with Crippen LogP contribution in [0.15, 0.2) is 24.3 Å². The molecule has 2 unspecified atom stereocenters. The summed E-state index contributed by atoms with van der Waals surface area (Å²) in [4.78, 5) is 28.7. The molecule has 0 spiro atoms. The molecule has 24 heavy (non-hydrogen) atoms. The Morgan fingerprint density at radius 2 is 1.96 bits per heavy atom. The van der Waals surface area contributed by atoms with Gasteiger partial charge in [-0.2, -0.15) is 0 Å². The zero-order valence-electron chi connectivity index (χ0n) is 13.7. The number of benzene rings is 1. The minimum Gasteiger partial charge on any atom is -0.342 e. The van der Waals surface area contributed by atoms with Gasteiger partial charge in [-0.1, -0.05) is 23.7 Å². The van der Waals surface area contributed by atoms with E-state index in [1.165, 1.54) is 0 Å². The molecule has 3 rings (SSSR count). The van der Waals surface area contributed by atoms with E-state index in [0.717, 1.165) is 18.4 Å². The zero-order chi connectivity index (χ0) is 16.6. The molecule has 0 bridgehead atoms. The maximum atomic E-state index is 12.9. The van der Waals surface area contributed by atoms with Crippen molar-refractivity contribution >= 4 is 35.8 Å². The fourth-order valence-electron chi connectivity index (χ4n) is 3.59. The highest BCUT2D eigenvalue weighted by molar-refractivity contribution is 6.30. The molecule has 5 nitrogen and oxygen atoms in total. The molecule has 2 amide bonds. The number of rotatable bonds is 2. The summed E-state index contributed by atoms with van der Waals surface area (Å²) in [5, 5.41) is 0.616. The van der Waals surface area contributed by atoms with E-state index >= 15 is 0 Å². The van der Waals surface area contributed by atoms with Crippen molar-refractivity contribution in [3.05, 3.63) is 34.9 Å². The first-order chi connectivity index (χ1) is 11.0. The van der Waals surface area contributed by atoms with Crippen molar-refractivity contribution in [3.8, 4) is 0 Å². The molecule has 2 atom stereocenters. The van der Waals surface area contributed by atoms with Crippen LogP contribution >= 0.6 is 24.0 Å². The van der Waals surface area contributed by atoms with Crippen LogP contribution in [-0.4, -0.2) is 47.8 Å². The molecule has 7 heteroatoms. The van der Waals surface area contributed by atoms with Crippen LogP contribution in [0.2, 0.25) is 5.02 Å². The van der Waals surface area contributed by atoms with Gasteiger partial charge in [-0.25, -0.2) is 0 Å². The van der Waals surface area contributed by atoms with Crippen LogP contribution < -0.4 is 5.73 Å². The van der Waals surface area contributed by atoms with Gasteiger partial charge in [0.25, 0.3) is 0 Å². The van der Waals surface area contributed by atoms with Crippen molar-refractivity contribution in [2.24, 2.45) is 11.7 Å². The summed E-state index contributed by atoms with van der Waals surface area (Å²) < 4.78 is 0. The van der Waals surface area contributed by atoms with Crippen molar-refractivity contribution in [1.82, 2.24) is 9.80 Å². The molecule has 2 aliphatic heterocycles. The minimum atomic E-state index is -0.347. The van der Waals surface area contributed by atoms with Crippen molar-refractivity contribution in [1.29, 1.82) is 0 Å². The van der Waals surface area contributed by atoms with Crippen LogP contribution in [0.1, 0.15) is 30.9 Å². The summed E-state index contributed by atoms with van der Waals surface area (Å²) in [5.74, 6) is -0.290. The van der Waals surface area contributed by atoms with Crippen LogP contribution in [0.3, 0.4) is 0 Å². The quantitative estimate of drug-likeness (QED) is 0.866. The Labute approximate surface area is 153 Å². The van der Waals surface area contributed by atoms with Gasteiger partial charge in [-0.05, 0) is 30.5 Å². The molecule has 0 aromatic heterocycles. The van der Waals surface area contributed by atoms with E-state index in [-0.39, 0.29) is 48.6 Å². The van der Waals surface area contributed by atoms with Crippen molar-refractivity contribution in [3.63, 3.8) is 0 Å². The first kappa shape index (κ1) is 19.0. The summed E-state index contributed by atoms with van der Waals surface area (Å²) in [6.45, 7) is 1.35. The van der Waals surface area contributed by atoms with Gasteiger partial charge in [0.05, 0.1) is 12.0 Å². The first-order valence-electron chi connectivity index (χ1n) is 8.03. The van der Waals surface area contributed by atoms with Crippen molar-refractivity contribution in [2.75, 3.05) is 20.1 Å². The van der Waals surface area contributed by atoms with Crippen LogP contribution in [0, 0.1) is 5.92 Å². The van der Waals surface area contributed by atoms with Gasteiger partial charge in [0.15, 0.2) is 0 Å². The van der Waals surface area contributed by atoms with E-state index in [4.69, 9.17) is 17.3 Å². The summed E-state index contributed by atoms with van der Waals surface area (Å²) in [7, 11) is 1.76. The van der Waals surface area contributed by atoms with E-state index in [2.05, 4.69) is 0 Å². The fraction of sp³-hybridized carbons (Fsp3) is 0.529. The molecule has 1 aromatic carbocycles. The maximum Gasteiger partial charge on any atom is 0.228 e. The number of carbonyl (C=O) groups excluding carboxylic acids is 2. The van der Waals surface area contributed by atoms with Crippen LogP contribution in [0.4, 0.5) is 0 Å².